The first-order valence-corrected chi connectivity index (χ1v) is 9.28. The fourth-order valence-corrected chi connectivity index (χ4v) is 4.46. The van der Waals surface area contributed by atoms with E-state index in [4.69, 9.17) is 9.47 Å². The largest absolute Gasteiger partial charge is 0.493 e. The van der Waals surface area contributed by atoms with Gasteiger partial charge < -0.3 is 14.6 Å². The van der Waals surface area contributed by atoms with Crippen LogP contribution in [0.1, 0.15) is 35.7 Å². The molecule has 2 atom stereocenters. The Morgan fingerprint density at radius 3 is 2.72 bits per heavy atom. The lowest BCUT2D eigenvalue weighted by atomic mass is 9.94. The number of benzene rings is 1. The van der Waals surface area contributed by atoms with Gasteiger partial charge in [-0.1, -0.05) is 24.6 Å². The summed E-state index contributed by atoms with van der Waals surface area (Å²) in [5.41, 5.74) is 0.942. The van der Waals surface area contributed by atoms with E-state index in [9.17, 15) is 9.90 Å². The van der Waals surface area contributed by atoms with Crippen molar-refractivity contribution in [2.45, 2.75) is 31.3 Å². The molecule has 1 fully saturated rings. The van der Waals surface area contributed by atoms with E-state index < -0.39 is 12.0 Å². The van der Waals surface area contributed by atoms with Gasteiger partial charge in [0.15, 0.2) is 11.5 Å². The molecule has 0 bridgehead atoms. The van der Waals surface area contributed by atoms with Crippen LogP contribution in [-0.4, -0.2) is 42.8 Å². The zero-order valence-electron chi connectivity index (χ0n) is 14.5. The minimum absolute atomic E-state index is 0.161. The molecule has 6 heteroatoms. The highest BCUT2D eigenvalue weighted by atomic mass is 32.1. The van der Waals surface area contributed by atoms with E-state index in [0.717, 1.165) is 29.8 Å². The van der Waals surface area contributed by atoms with Gasteiger partial charge in [-0.3, -0.25) is 9.69 Å². The van der Waals surface area contributed by atoms with Gasteiger partial charge in [-0.2, -0.15) is 0 Å². The molecule has 0 aliphatic carbocycles. The quantitative estimate of drug-likeness (QED) is 0.848. The summed E-state index contributed by atoms with van der Waals surface area (Å²) < 4.78 is 11.1. The van der Waals surface area contributed by atoms with E-state index in [1.54, 1.807) is 25.6 Å². The molecular formula is C19H23NO4S. The van der Waals surface area contributed by atoms with Crippen LogP contribution in [-0.2, 0) is 4.79 Å². The Hall–Kier alpha value is -2.05. The van der Waals surface area contributed by atoms with Crippen LogP contribution in [0.25, 0.3) is 0 Å². The number of hydrogen-bond acceptors (Lipinski definition) is 5. The number of piperidine rings is 1. The summed E-state index contributed by atoms with van der Waals surface area (Å²) in [5, 5.41) is 11.8. The number of thiophene rings is 1. The average Bonchev–Trinajstić information content (AvgIpc) is 3.16. The maximum Gasteiger partial charge on any atom is 0.320 e. The summed E-state index contributed by atoms with van der Waals surface area (Å²) in [6, 6.07) is 9.19. The molecule has 1 N–H and O–H groups in total. The van der Waals surface area contributed by atoms with Crippen molar-refractivity contribution in [1.29, 1.82) is 0 Å². The number of methoxy groups -OCH3 is 2. The summed E-state index contributed by atoms with van der Waals surface area (Å²) >= 11 is 1.63. The van der Waals surface area contributed by atoms with Gasteiger partial charge in [0.25, 0.3) is 0 Å². The Bertz CT molecular complexity index is 716. The number of carbonyl (C=O) groups is 1. The minimum Gasteiger partial charge on any atom is -0.493 e. The minimum atomic E-state index is -0.761. The normalized spacial score (nSPS) is 19.4. The molecular weight excluding hydrogens is 338 g/mol. The number of ether oxygens (including phenoxy) is 2. The number of hydrogen-bond donors (Lipinski definition) is 1. The Labute approximate surface area is 151 Å². The molecule has 1 aromatic carbocycles. The Kier molecular flexibility index (Phi) is 5.60. The molecule has 0 saturated carbocycles. The number of carboxylic acid groups (broad SMARTS) is 1. The second-order valence-electron chi connectivity index (χ2n) is 6.09. The molecule has 0 amide bonds. The van der Waals surface area contributed by atoms with Crippen LogP contribution >= 0.6 is 11.3 Å². The monoisotopic (exact) mass is 361 g/mol. The Balaban J connectivity index is 2.12. The van der Waals surface area contributed by atoms with Gasteiger partial charge >= 0.3 is 5.97 Å². The van der Waals surface area contributed by atoms with E-state index in [-0.39, 0.29) is 6.04 Å². The highest BCUT2D eigenvalue weighted by Crippen LogP contribution is 2.43. The number of para-hydroxylation sites is 1. The number of carboxylic acids is 1. The molecule has 134 valence electrons. The van der Waals surface area contributed by atoms with E-state index >= 15 is 0 Å². The lowest BCUT2D eigenvalue weighted by Gasteiger charge is -2.39. The standard InChI is InChI=1S/C19H23NO4S/c1-23-15-9-5-7-13(18(15)24-2)17(16-10-6-12-25-16)20-11-4-3-8-14(20)19(21)22/h5-7,9-10,12,14,17H,3-4,8,11H2,1-2H3,(H,21,22). The molecule has 1 aromatic heterocycles. The smallest absolute Gasteiger partial charge is 0.320 e. The summed E-state index contributed by atoms with van der Waals surface area (Å²) in [7, 11) is 3.24. The van der Waals surface area contributed by atoms with Gasteiger partial charge in [-0.15, -0.1) is 11.3 Å². The van der Waals surface area contributed by atoms with Crippen LogP contribution in [0, 0.1) is 0 Å². The molecule has 25 heavy (non-hydrogen) atoms. The second kappa shape index (κ2) is 7.89. The van der Waals surface area contributed by atoms with Gasteiger partial charge in [-0.25, -0.2) is 0 Å². The summed E-state index contributed by atoms with van der Waals surface area (Å²) in [4.78, 5) is 15.1. The Morgan fingerprint density at radius 1 is 1.24 bits per heavy atom. The first-order valence-electron chi connectivity index (χ1n) is 8.40. The van der Waals surface area contributed by atoms with Crippen molar-refractivity contribution in [2.24, 2.45) is 0 Å². The van der Waals surface area contributed by atoms with Gasteiger partial charge in [0.1, 0.15) is 6.04 Å². The van der Waals surface area contributed by atoms with Gasteiger partial charge in [-0.05, 0) is 36.9 Å². The lowest BCUT2D eigenvalue weighted by Crippen LogP contribution is -2.46. The zero-order chi connectivity index (χ0) is 17.8. The van der Waals surface area contributed by atoms with Gasteiger partial charge in [0.2, 0.25) is 0 Å². The molecule has 3 rings (SSSR count). The van der Waals surface area contributed by atoms with Crippen LogP contribution in [0.3, 0.4) is 0 Å². The fraction of sp³-hybridized carbons (Fsp3) is 0.421. The second-order valence-corrected chi connectivity index (χ2v) is 7.07. The average molecular weight is 361 g/mol. The van der Waals surface area contributed by atoms with Crippen molar-refractivity contribution in [3.8, 4) is 11.5 Å². The number of rotatable bonds is 6. The topological polar surface area (TPSA) is 59.0 Å². The van der Waals surface area contributed by atoms with Crippen molar-refractivity contribution in [3.05, 3.63) is 46.2 Å². The van der Waals surface area contributed by atoms with E-state index in [1.807, 2.05) is 29.6 Å². The lowest BCUT2D eigenvalue weighted by molar-refractivity contribution is -0.145. The van der Waals surface area contributed by atoms with Crippen LogP contribution in [0.5, 0.6) is 11.5 Å². The molecule has 2 unspecified atom stereocenters. The predicted octanol–water partition coefficient (Wildman–Crippen LogP) is 3.79. The van der Waals surface area contributed by atoms with Crippen molar-refractivity contribution in [2.75, 3.05) is 20.8 Å². The maximum atomic E-state index is 11.9. The van der Waals surface area contributed by atoms with Crippen molar-refractivity contribution in [3.63, 3.8) is 0 Å². The summed E-state index contributed by atoms with van der Waals surface area (Å²) in [5.74, 6) is 0.562. The fourth-order valence-electron chi connectivity index (χ4n) is 3.60. The third kappa shape index (κ3) is 3.50. The third-order valence-electron chi connectivity index (χ3n) is 4.70. The summed E-state index contributed by atoms with van der Waals surface area (Å²) in [6.07, 6.45) is 2.61. The van der Waals surface area contributed by atoms with Crippen molar-refractivity contribution < 1.29 is 19.4 Å². The third-order valence-corrected chi connectivity index (χ3v) is 5.63. The number of aliphatic carboxylic acids is 1. The molecule has 2 heterocycles. The molecule has 1 aliphatic heterocycles. The van der Waals surface area contributed by atoms with Gasteiger partial charge in [0, 0.05) is 10.4 Å². The van der Waals surface area contributed by atoms with Crippen LogP contribution in [0.15, 0.2) is 35.7 Å². The first kappa shape index (κ1) is 17.8. The first-order chi connectivity index (χ1) is 12.2. The van der Waals surface area contributed by atoms with Crippen LogP contribution in [0.4, 0.5) is 0 Å². The SMILES string of the molecule is COc1cccc(C(c2cccs2)N2CCCCC2C(=O)O)c1OC. The van der Waals surface area contributed by atoms with E-state index in [0.29, 0.717) is 17.9 Å². The van der Waals surface area contributed by atoms with Crippen LogP contribution in [0.2, 0.25) is 0 Å². The number of likely N-dealkylation sites (tertiary alicyclic amines) is 1. The van der Waals surface area contributed by atoms with Crippen molar-refractivity contribution >= 4 is 17.3 Å². The zero-order valence-corrected chi connectivity index (χ0v) is 15.3. The summed E-state index contributed by atoms with van der Waals surface area (Å²) in [6.45, 7) is 0.750. The molecule has 1 aliphatic rings. The van der Waals surface area contributed by atoms with Gasteiger partial charge in [0.05, 0.1) is 20.3 Å². The predicted molar refractivity (Wildman–Crippen MR) is 97.7 cm³/mol. The molecule has 2 aromatic rings. The molecule has 0 radical (unpaired) electrons. The van der Waals surface area contributed by atoms with E-state index in [2.05, 4.69) is 11.0 Å². The van der Waals surface area contributed by atoms with Crippen molar-refractivity contribution in [1.82, 2.24) is 4.90 Å². The maximum absolute atomic E-state index is 11.9. The molecule has 0 spiro atoms. The van der Waals surface area contributed by atoms with Crippen LogP contribution < -0.4 is 9.47 Å². The molecule has 5 nitrogen and oxygen atoms in total. The molecule has 1 saturated heterocycles. The Morgan fingerprint density at radius 2 is 2.08 bits per heavy atom. The highest BCUT2D eigenvalue weighted by molar-refractivity contribution is 7.10. The number of nitrogens with zero attached hydrogens (tertiary/aromatic N) is 1. The highest BCUT2D eigenvalue weighted by Gasteiger charge is 2.37. The van der Waals surface area contributed by atoms with E-state index in [1.165, 1.54) is 0 Å².